The maximum Gasteiger partial charge on any atom is 0.258 e. The Morgan fingerprint density at radius 3 is 2.55 bits per heavy atom. The van der Waals surface area contributed by atoms with Gasteiger partial charge in [-0.2, -0.15) is 4.98 Å². The van der Waals surface area contributed by atoms with Crippen molar-refractivity contribution < 1.29 is 14.4 Å². The highest BCUT2D eigenvalue weighted by Gasteiger charge is 2.35. The standard InChI is InChI=1S/C21H24N6O4/c22-17(29)13-6-8-27(9-7-13)21-25-18-16(20(31)26-21)14(10-15(28)24-18)19(30)23-11-12-4-2-1-3-5-12/h1-5,13-14H,6-11H2,(H2,22,29)(H,23,30)(H2,24,25,26,28,31). The first-order chi connectivity index (χ1) is 14.9. The van der Waals surface area contributed by atoms with Crippen molar-refractivity contribution in [3.05, 3.63) is 51.8 Å². The average Bonchev–Trinajstić information content (AvgIpc) is 2.77. The van der Waals surface area contributed by atoms with Crippen molar-refractivity contribution in [2.75, 3.05) is 23.3 Å². The molecule has 4 rings (SSSR count). The maximum absolute atomic E-state index is 12.9. The molecule has 1 saturated heterocycles. The molecule has 10 heteroatoms. The van der Waals surface area contributed by atoms with Crippen LogP contribution in [0.25, 0.3) is 0 Å². The molecule has 2 aliphatic rings. The minimum absolute atomic E-state index is 0.104. The molecule has 1 atom stereocenters. The molecule has 0 bridgehead atoms. The lowest BCUT2D eigenvalue weighted by Gasteiger charge is -2.32. The number of anilines is 2. The number of hydrogen-bond acceptors (Lipinski definition) is 6. The van der Waals surface area contributed by atoms with Crippen LogP contribution in [-0.2, 0) is 20.9 Å². The van der Waals surface area contributed by atoms with Gasteiger partial charge in [-0.15, -0.1) is 0 Å². The maximum atomic E-state index is 12.9. The molecular formula is C21H24N6O4. The molecule has 1 unspecified atom stereocenters. The molecule has 3 heterocycles. The average molecular weight is 424 g/mol. The molecule has 0 radical (unpaired) electrons. The molecule has 2 aromatic rings. The highest BCUT2D eigenvalue weighted by molar-refractivity contribution is 6.00. The lowest BCUT2D eigenvalue weighted by Crippen LogP contribution is -2.42. The monoisotopic (exact) mass is 424 g/mol. The predicted octanol–water partition coefficient (Wildman–Crippen LogP) is 0.214. The molecule has 0 saturated carbocycles. The molecular weight excluding hydrogens is 400 g/mol. The summed E-state index contributed by atoms with van der Waals surface area (Å²) in [7, 11) is 0. The molecule has 5 N–H and O–H groups in total. The summed E-state index contributed by atoms with van der Waals surface area (Å²) in [6.45, 7) is 1.31. The minimum Gasteiger partial charge on any atom is -0.369 e. The molecule has 10 nitrogen and oxygen atoms in total. The number of amides is 3. The Morgan fingerprint density at radius 1 is 1.16 bits per heavy atom. The van der Waals surface area contributed by atoms with E-state index in [1.54, 1.807) is 0 Å². The number of rotatable bonds is 5. The van der Waals surface area contributed by atoms with E-state index < -0.39 is 17.4 Å². The van der Waals surface area contributed by atoms with Crippen LogP contribution >= 0.6 is 0 Å². The Balaban J connectivity index is 1.54. The SMILES string of the molecule is NC(=O)C1CCN(c2nc3c(c(=O)[nH]2)C(C(=O)NCc2ccccc2)CC(=O)N3)CC1. The lowest BCUT2D eigenvalue weighted by atomic mass is 9.92. The Labute approximate surface area is 178 Å². The van der Waals surface area contributed by atoms with E-state index in [0.717, 1.165) is 5.56 Å². The van der Waals surface area contributed by atoms with Gasteiger partial charge in [0.1, 0.15) is 5.82 Å². The van der Waals surface area contributed by atoms with Crippen LogP contribution in [0.4, 0.5) is 11.8 Å². The number of nitrogens with two attached hydrogens (primary N) is 1. The molecule has 3 amide bonds. The first-order valence-corrected chi connectivity index (χ1v) is 10.2. The molecule has 1 aromatic carbocycles. The zero-order valence-corrected chi connectivity index (χ0v) is 16.9. The van der Waals surface area contributed by atoms with Crippen LogP contribution in [0.1, 0.15) is 36.3 Å². The lowest BCUT2D eigenvalue weighted by molar-refractivity contribution is -0.126. The Hall–Kier alpha value is -3.69. The van der Waals surface area contributed by atoms with Gasteiger partial charge in [0.2, 0.25) is 23.7 Å². The summed E-state index contributed by atoms with van der Waals surface area (Å²) < 4.78 is 0. The van der Waals surface area contributed by atoms with E-state index >= 15 is 0 Å². The van der Waals surface area contributed by atoms with E-state index in [9.17, 15) is 19.2 Å². The van der Waals surface area contributed by atoms with Gasteiger partial charge in [-0.25, -0.2) is 0 Å². The third-order valence-corrected chi connectivity index (χ3v) is 5.76. The number of H-pyrrole nitrogens is 1. The number of aromatic amines is 1. The molecule has 31 heavy (non-hydrogen) atoms. The number of piperidine rings is 1. The second-order valence-electron chi connectivity index (χ2n) is 7.82. The summed E-state index contributed by atoms with van der Waals surface area (Å²) >= 11 is 0. The normalized spacial score (nSPS) is 18.8. The topological polar surface area (TPSA) is 150 Å². The van der Waals surface area contributed by atoms with Gasteiger partial charge in [0.05, 0.1) is 11.5 Å². The fourth-order valence-corrected chi connectivity index (χ4v) is 4.02. The third kappa shape index (κ3) is 4.42. The van der Waals surface area contributed by atoms with E-state index in [2.05, 4.69) is 20.6 Å². The van der Waals surface area contributed by atoms with Crippen LogP contribution in [0, 0.1) is 5.92 Å². The third-order valence-electron chi connectivity index (χ3n) is 5.76. The summed E-state index contributed by atoms with van der Waals surface area (Å²) in [4.78, 5) is 58.2. The van der Waals surface area contributed by atoms with Gasteiger partial charge in [0, 0.05) is 32.0 Å². The van der Waals surface area contributed by atoms with Gasteiger partial charge in [-0.1, -0.05) is 30.3 Å². The van der Waals surface area contributed by atoms with Crippen molar-refractivity contribution >= 4 is 29.5 Å². The van der Waals surface area contributed by atoms with Crippen LogP contribution in [0.3, 0.4) is 0 Å². The van der Waals surface area contributed by atoms with E-state index in [0.29, 0.717) is 38.4 Å². The smallest absolute Gasteiger partial charge is 0.258 e. The van der Waals surface area contributed by atoms with Crippen LogP contribution in [0.2, 0.25) is 0 Å². The van der Waals surface area contributed by atoms with Crippen LogP contribution in [-0.4, -0.2) is 40.8 Å². The second kappa shape index (κ2) is 8.58. The zero-order valence-electron chi connectivity index (χ0n) is 16.9. The Kier molecular flexibility index (Phi) is 5.70. The Morgan fingerprint density at radius 2 is 1.87 bits per heavy atom. The van der Waals surface area contributed by atoms with Crippen LogP contribution in [0.15, 0.2) is 35.1 Å². The summed E-state index contributed by atoms with van der Waals surface area (Å²) in [5.41, 5.74) is 5.98. The molecule has 0 spiro atoms. The van der Waals surface area contributed by atoms with Crippen molar-refractivity contribution in [1.82, 2.24) is 15.3 Å². The van der Waals surface area contributed by atoms with Gasteiger partial charge >= 0.3 is 0 Å². The number of benzene rings is 1. The molecule has 162 valence electrons. The number of primary amides is 1. The van der Waals surface area contributed by atoms with Crippen molar-refractivity contribution in [3.8, 4) is 0 Å². The fourth-order valence-electron chi connectivity index (χ4n) is 4.02. The van der Waals surface area contributed by atoms with Gasteiger partial charge < -0.3 is 21.3 Å². The van der Waals surface area contributed by atoms with Crippen molar-refractivity contribution in [2.45, 2.75) is 31.7 Å². The quantitative estimate of drug-likeness (QED) is 0.539. The molecule has 1 aromatic heterocycles. The highest BCUT2D eigenvalue weighted by Crippen LogP contribution is 2.30. The van der Waals surface area contributed by atoms with E-state index in [1.807, 2.05) is 35.2 Å². The zero-order chi connectivity index (χ0) is 22.0. The van der Waals surface area contributed by atoms with Crippen molar-refractivity contribution in [3.63, 3.8) is 0 Å². The number of aromatic nitrogens is 2. The van der Waals surface area contributed by atoms with Crippen molar-refractivity contribution in [2.24, 2.45) is 11.7 Å². The van der Waals surface area contributed by atoms with Crippen LogP contribution < -0.4 is 26.8 Å². The molecule has 2 aliphatic heterocycles. The first kappa shape index (κ1) is 20.6. The number of hydrogen-bond donors (Lipinski definition) is 4. The summed E-state index contributed by atoms with van der Waals surface area (Å²) in [6.07, 6.45) is 1.00. The van der Waals surface area contributed by atoms with E-state index in [1.165, 1.54) is 0 Å². The number of carbonyl (C=O) groups is 3. The van der Waals surface area contributed by atoms with Gasteiger partial charge in [0.25, 0.3) is 5.56 Å². The van der Waals surface area contributed by atoms with Crippen LogP contribution in [0.5, 0.6) is 0 Å². The van der Waals surface area contributed by atoms with Crippen molar-refractivity contribution in [1.29, 1.82) is 0 Å². The largest absolute Gasteiger partial charge is 0.369 e. The molecule has 0 aliphatic carbocycles. The predicted molar refractivity (Wildman–Crippen MR) is 113 cm³/mol. The van der Waals surface area contributed by atoms with Gasteiger partial charge in [-0.3, -0.25) is 24.2 Å². The summed E-state index contributed by atoms with van der Waals surface area (Å²) in [6, 6.07) is 9.38. The Bertz CT molecular complexity index is 1060. The fraction of sp³-hybridized carbons (Fsp3) is 0.381. The van der Waals surface area contributed by atoms with E-state index in [4.69, 9.17) is 5.73 Å². The second-order valence-corrected chi connectivity index (χ2v) is 7.82. The molecule has 1 fully saturated rings. The highest BCUT2D eigenvalue weighted by atomic mass is 16.2. The number of carbonyl (C=O) groups excluding carboxylic acids is 3. The van der Waals surface area contributed by atoms with E-state index in [-0.39, 0.29) is 35.5 Å². The summed E-state index contributed by atoms with van der Waals surface area (Å²) in [5.74, 6) is -1.81. The number of nitrogens with one attached hydrogen (secondary N) is 3. The summed E-state index contributed by atoms with van der Waals surface area (Å²) in [5, 5.41) is 5.41. The minimum atomic E-state index is -0.918. The van der Waals surface area contributed by atoms with Gasteiger partial charge in [0.15, 0.2) is 0 Å². The van der Waals surface area contributed by atoms with Gasteiger partial charge in [-0.05, 0) is 18.4 Å². The number of nitrogens with zero attached hydrogens (tertiary/aromatic N) is 2. The first-order valence-electron chi connectivity index (χ1n) is 10.2. The number of fused-ring (bicyclic) bond motifs is 1.